The molecule has 0 aliphatic rings. The van der Waals surface area contributed by atoms with Gasteiger partial charge in [-0.2, -0.15) is 0 Å². The van der Waals surface area contributed by atoms with E-state index >= 15 is 0 Å². The second-order valence-corrected chi connectivity index (χ2v) is 5.34. The fraction of sp³-hybridized carbons (Fsp3) is 0.471. The van der Waals surface area contributed by atoms with E-state index in [1.54, 1.807) is 6.92 Å². The summed E-state index contributed by atoms with van der Waals surface area (Å²) >= 11 is 0. The molecule has 0 saturated carbocycles. The molecule has 1 aromatic carbocycles. The molecule has 0 spiro atoms. The summed E-state index contributed by atoms with van der Waals surface area (Å²) in [6, 6.07) is 6.35. The van der Waals surface area contributed by atoms with Crippen LogP contribution in [0.15, 0.2) is 24.4 Å². The maximum absolute atomic E-state index is 11.8. The standard InChI is InChI=1S/C17H24N2O/c1-5-18(6-2)9-10-19-12-16(14(4)20)15-11-13(3)7-8-17(15)19/h7-8,11-12H,5-6,9-10H2,1-4H3. The van der Waals surface area contributed by atoms with Crippen molar-refractivity contribution >= 4 is 16.7 Å². The third-order valence-corrected chi connectivity index (χ3v) is 3.97. The second-order valence-electron chi connectivity index (χ2n) is 5.34. The Hall–Kier alpha value is -1.61. The number of benzene rings is 1. The molecular formula is C17H24N2O. The quantitative estimate of drug-likeness (QED) is 0.752. The number of ketones is 1. The molecular weight excluding hydrogens is 248 g/mol. The molecule has 0 aliphatic heterocycles. The number of Topliss-reactive ketones (excluding diaryl/α,β-unsaturated/α-hetero) is 1. The first-order valence-electron chi connectivity index (χ1n) is 7.39. The molecule has 0 saturated heterocycles. The Morgan fingerprint density at radius 2 is 1.95 bits per heavy atom. The van der Waals surface area contributed by atoms with Gasteiger partial charge in [-0.05, 0) is 39.1 Å². The van der Waals surface area contributed by atoms with Gasteiger partial charge in [0.2, 0.25) is 0 Å². The van der Waals surface area contributed by atoms with Crippen molar-refractivity contribution < 1.29 is 4.79 Å². The zero-order valence-electron chi connectivity index (χ0n) is 12.9. The van der Waals surface area contributed by atoms with Crippen LogP contribution in [-0.2, 0) is 6.54 Å². The lowest BCUT2D eigenvalue weighted by atomic mass is 10.1. The Morgan fingerprint density at radius 3 is 2.55 bits per heavy atom. The van der Waals surface area contributed by atoms with E-state index in [0.29, 0.717) is 0 Å². The van der Waals surface area contributed by atoms with E-state index in [9.17, 15) is 4.79 Å². The average molecular weight is 272 g/mol. The van der Waals surface area contributed by atoms with Crippen LogP contribution >= 0.6 is 0 Å². The van der Waals surface area contributed by atoms with Crippen molar-refractivity contribution in [3.8, 4) is 0 Å². The number of hydrogen-bond acceptors (Lipinski definition) is 2. The van der Waals surface area contributed by atoms with Gasteiger partial charge in [0.1, 0.15) is 0 Å². The molecule has 0 N–H and O–H groups in total. The minimum Gasteiger partial charge on any atom is -0.345 e. The van der Waals surface area contributed by atoms with E-state index in [4.69, 9.17) is 0 Å². The number of aryl methyl sites for hydroxylation is 1. The van der Waals surface area contributed by atoms with Crippen LogP contribution in [0.3, 0.4) is 0 Å². The lowest BCUT2D eigenvalue weighted by Gasteiger charge is -2.18. The van der Waals surface area contributed by atoms with E-state index < -0.39 is 0 Å². The number of aromatic nitrogens is 1. The van der Waals surface area contributed by atoms with E-state index in [1.165, 1.54) is 5.56 Å². The number of fused-ring (bicyclic) bond motifs is 1. The van der Waals surface area contributed by atoms with Gasteiger partial charge in [-0.25, -0.2) is 0 Å². The SMILES string of the molecule is CCN(CC)CCn1cc(C(C)=O)c2cc(C)ccc21. The fourth-order valence-corrected chi connectivity index (χ4v) is 2.67. The highest BCUT2D eigenvalue weighted by atomic mass is 16.1. The zero-order chi connectivity index (χ0) is 14.7. The summed E-state index contributed by atoms with van der Waals surface area (Å²) in [5.41, 5.74) is 3.19. The predicted molar refractivity (Wildman–Crippen MR) is 84.5 cm³/mol. The van der Waals surface area contributed by atoms with E-state index in [0.717, 1.165) is 42.6 Å². The summed E-state index contributed by atoms with van der Waals surface area (Å²) < 4.78 is 2.21. The molecule has 2 rings (SSSR count). The predicted octanol–water partition coefficient (Wildman–Crippen LogP) is 3.49. The van der Waals surface area contributed by atoms with Gasteiger partial charge in [0.15, 0.2) is 5.78 Å². The number of rotatable bonds is 6. The van der Waals surface area contributed by atoms with Crippen LogP contribution in [0.2, 0.25) is 0 Å². The van der Waals surface area contributed by atoms with Gasteiger partial charge < -0.3 is 9.47 Å². The Kier molecular flexibility index (Phi) is 4.61. The summed E-state index contributed by atoms with van der Waals surface area (Å²) in [5.74, 6) is 0.141. The molecule has 3 heteroatoms. The van der Waals surface area contributed by atoms with Gasteiger partial charge in [-0.1, -0.05) is 25.5 Å². The Balaban J connectivity index is 2.36. The summed E-state index contributed by atoms with van der Waals surface area (Å²) in [4.78, 5) is 14.2. The summed E-state index contributed by atoms with van der Waals surface area (Å²) in [7, 11) is 0. The number of hydrogen-bond donors (Lipinski definition) is 0. The number of nitrogens with zero attached hydrogens (tertiary/aromatic N) is 2. The van der Waals surface area contributed by atoms with Gasteiger partial charge in [-0.3, -0.25) is 4.79 Å². The Morgan fingerprint density at radius 1 is 1.25 bits per heavy atom. The monoisotopic (exact) mass is 272 g/mol. The van der Waals surface area contributed by atoms with Crippen molar-refractivity contribution in [3.63, 3.8) is 0 Å². The smallest absolute Gasteiger partial charge is 0.161 e. The lowest BCUT2D eigenvalue weighted by molar-refractivity contribution is 0.101. The highest BCUT2D eigenvalue weighted by Gasteiger charge is 2.12. The number of likely N-dealkylation sites (N-methyl/N-ethyl adjacent to an activating group) is 1. The van der Waals surface area contributed by atoms with Crippen molar-refractivity contribution in [1.82, 2.24) is 9.47 Å². The minimum atomic E-state index is 0.141. The second kappa shape index (κ2) is 6.23. The maximum atomic E-state index is 11.8. The first-order valence-corrected chi connectivity index (χ1v) is 7.39. The van der Waals surface area contributed by atoms with Crippen LogP contribution in [0.25, 0.3) is 10.9 Å². The van der Waals surface area contributed by atoms with Gasteiger partial charge in [-0.15, -0.1) is 0 Å². The molecule has 1 aromatic heterocycles. The molecule has 0 bridgehead atoms. The van der Waals surface area contributed by atoms with E-state index in [2.05, 4.69) is 48.4 Å². The molecule has 2 aromatic rings. The Labute approximate surface area is 121 Å². The van der Waals surface area contributed by atoms with Crippen LogP contribution in [0.1, 0.15) is 36.7 Å². The van der Waals surface area contributed by atoms with E-state index in [-0.39, 0.29) is 5.78 Å². The highest BCUT2D eigenvalue weighted by Crippen LogP contribution is 2.23. The van der Waals surface area contributed by atoms with Gasteiger partial charge in [0, 0.05) is 35.8 Å². The molecule has 0 radical (unpaired) electrons. The van der Waals surface area contributed by atoms with Crippen LogP contribution in [0, 0.1) is 6.92 Å². The molecule has 3 nitrogen and oxygen atoms in total. The third-order valence-electron chi connectivity index (χ3n) is 3.97. The highest BCUT2D eigenvalue weighted by molar-refractivity contribution is 6.07. The molecule has 0 amide bonds. The molecule has 108 valence electrons. The van der Waals surface area contributed by atoms with Gasteiger partial charge in [0.05, 0.1) is 0 Å². The molecule has 0 aliphatic carbocycles. The molecule has 20 heavy (non-hydrogen) atoms. The van der Waals surface area contributed by atoms with Crippen LogP contribution in [0.5, 0.6) is 0 Å². The molecule has 0 fully saturated rings. The summed E-state index contributed by atoms with van der Waals surface area (Å²) in [5, 5.41) is 1.08. The average Bonchev–Trinajstić information content (AvgIpc) is 2.78. The zero-order valence-corrected chi connectivity index (χ0v) is 12.9. The van der Waals surface area contributed by atoms with Crippen LogP contribution in [0.4, 0.5) is 0 Å². The van der Waals surface area contributed by atoms with E-state index in [1.807, 2.05) is 6.20 Å². The van der Waals surface area contributed by atoms with Gasteiger partial charge in [0.25, 0.3) is 0 Å². The van der Waals surface area contributed by atoms with Gasteiger partial charge >= 0.3 is 0 Å². The van der Waals surface area contributed by atoms with Crippen molar-refractivity contribution in [1.29, 1.82) is 0 Å². The lowest BCUT2D eigenvalue weighted by Crippen LogP contribution is -2.26. The molecule has 0 unspecified atom stereocenters. The molecule has 1 heterocycles. The fourth-order valence-electron chi connectivity index (χ4n) is 2.67. The van der Waals surface area contributed by atoms with Crippen LogP contribution < -0.4 is 0 Å². The maximum Gasteiger partial charge on any atom is 0.161 e. The first kappa shape index (κ1) is 14.8. The largest absolute Gasteiger partial charge is 0.345 e. The minimum absolute atomic E-state index is 0.141. The molecule has 0 atom stereocenters. The normalized spacial score (nSPS) is 11.4. The van der Waals surface area contributed by atoms with Crippen molar-refractivity contribution in [2.24, 2.45) is 0 Å². The number of carbonyl (C=O) groups is 1. The van der Waals surface area contributed by atoms with Crippen molar-refractivity contribution in [3.05, 3.63) is 35.5 Å². The van der Waals surface area contributed by atoms with Crippen molar-refractivity contribution in [2.45, 2.75) is 34.2 Å². The number of carbonyl (C=O) groups excluding carboxylic acids is 1. The van der Waals surface area contributed by atoms with Crippen LogP contribution in [-0.4, -0.2) is 34.9 Å². The topological polar surface area (TPSA) is 25.2 Å². The Bertz CT molecular complexity index is 609. The summed E-state index contributed by atoms with van der Waals surface area (Å²) in [6.45, 7) is 12.1. The summed E-state index contributed by atoms with van der Waals surface area (Å²) in [6.07, 6.45) is 2.01. The third kappa shape index (κ3) is 2.93. The van der Waals surface area contributed by atoms with Crippen molar-refractivity contribution in [2.75, 3.05) is 19.6 Å². The first-order chi connectivity index (χ1) is 9.56.